The number of hydrogen-bond donors (Lipinski definition) is 6. The molecular weight excluding hydrogens is 572 g/mol. The van der Waals surface area contributed by atoms with Crippen molar-refractivity contribution >= 4 is 5.97 Å². The molecule has 4 fully saturated rings. The molecule has 0 aromatic rings. The maximum atomic E-state index is 12.3. The van der Waals surface area contributed by atoms with Crippen LogP contribution < -0.4 is 0 Å². The first kappa shape index (κ1) is 36.5. The Morgan fingerprint density at radius 3 is 2.18 bits per heavy atom. The van der Waals surface area contributed by atoms with E-state index in [0.29, 0.717) is 31.6 Å². The molecule has 0 unspecified atom stereocenters. The standard InChI is InChI=1S/C37H62O8/c1-20(2)22(5)10-17-37(9,44)25-12-16-36(8)29(25)23(33-32(43)31(42)30(41)26(19-38)45-33)18-27-34(6,14-13-28(39)40)24(21(3)4)11-15-35(27,36)7/h20,23-27,29-33,38,41-44H,3,5,10-19H2,1-2,4,6-9H3,(H,39,40)/t23-,24+,25+,26-,27-,29-,30-,31+,32-,33+,34+,35-,36-,37+/m1/s1. The molecule has 1 heterocycles. The Morgan fingerprint density at radius 1 is 1.00 bits per heavy atom. The second kappa shape index (κ2) is 13.0. The fraction of sp³-hybridized carbons (Fsp3) is 0.865. The number of carboxylic acids is 1. The number of aliphatic hydroxyl groups excluding tert-OH is 4. The van der Waals surface area contributed by atoms with Gasteiger partial charge in [-0.25, -0.2) is 0 Å². The van der Waals surface area contributed by atoms with Gasteiger partial charge in [-0.2, -0.15) is 0 Å². The van der Waals surface area contributed by atoms with Crippen LogP contribution in [0.5, 0.6) is 0 Å². The second-order valence-electron chi connectivity index (χ2n) is 16.8. The number of ether oxygens (including phenoxy) is 1. The lowest BCUT2D eigenvalue weighted by Crippen LogP contribution is -2.67. The lowest BCUT2D eigenvalue weighted by atomic mass is 9.36. The highest BCUT2D eigenvalue weighted by molar-refractivity contribution is 5.66. The van der Waals surface area contributed by atoms with Crippen molar-refractivity contribution in [3.05, 3.63) is 24.3 Å². The molecule has 8 heteroatoms. The average Bonchev–Trinajstić information content (AvgIpc) is 3.34. The van der Waals surface area contributed by atoms with E-state index in [1.54, 1.807) is 0 Å². The van der Waals surface area contributed by atoms with Gasteiger partial charge in [0.05, 0.1) is 18.3 Å². The van der Waals surface area contributed by atoms with Crippen molar-refractivity contribution < 1.29 is 40.2 Å². The summed E-state index contributed by atoms with van der Waals surface area (Å²) in [5.41, 5.74) is 0.287. The van der Waals surface area contributed by atoms with Gasteiger partial charge in [-0.15, -0.1) is 0 Å². The van der Waals surface area contributed by atoms with E-state index in [9.17, 15) is 35.4 Å². The maximum absolute atomic E-state index is 12.3. The molecule has 4 aliphatic rings. The Labute approximate surface area is 271 Å². The molecule has 1 saturated heterocycles. The van der Waals surface area contributed by atoms with Crippen LogP contribution in [0.25, 0.3) is 0 Å². The molecule has 258 valence electrons. The van der Waals surface area contributed by atoms with Gasteiger partial charge < -0.3 is 35.4 Å². The third-order valence-corrected chi connectivity index (χ3v) is 14.1. The molecule has 8 nitrogen and oxygen atoms in total. The summed E-state index contributed by atoms with van der Waals surface area (Å²) in [5.74, 6) is -0.809. The first-order valence-electron chi connectivity index (χ1n) is 17.3. The molecule has 0 radical (unpaired) electrons. The first-order chi connectivity index (χ1) is 20.8. The highest BCUT2D eigenvalue weighted by Crippen LogP contribution is 2.75. The Balaban J connectivity index is 1.86. The Morgan fingerprint density at radius 2 is 1.62 bits per heavy atom. The first-order valence-corrected chi connectivity index (χ1v) is 17.3. The van der Waals surface area contributed by atoms with Gasteiger partial charge in [0.15, 0.2) is 0 Å². The molecule has 6 N–H and O–H groups in total. The number of rotatable bonds is 11. The highest BCUT2D eigenvalue weighted by Gasteiger charge is 2.71. The van der Waals surface area contributed by atoms with Crippen LogP contribution in [0.3, 0.4) is 0 Å². The van der Waals surface area contributed by atoms with E-state index in [1.165, 1.54) is 0 Å². The molecule has 0 amide bonds. The summed E-state index contributed by atoms with van der Waals surface area (Å²) in [7, 11) is 0. The van der Waals surface area contributed by atoms with Crippen LogP contribution in [0.1, 0.15) is 106 Å². The summed E-state index contributed by atoms with van der Waals surface area (Å²) >= 11 is 0. The van der Waals surface area contributed by atoms with Crippen molar-refractivity contribution in [1.82, 2.24) is 0 Å². The monoisotopic (exact) mass is 634 g/mol. The number of carbonyl (C=O) groups is 1. The summed E-state index contributed by atoms with van der Waals surface area (Å²) in [5, 5.41) is 65.3. The van der Waals surface area contributed by atoms with Gasteiger partial charge in [-0.3, -0.25) is 4.79 Å². The van der Waals surface area contributed by atoms with E-state index < -0.39 is 48.7 Å². The number of hydrogen-bond acceptors (Lipinski definition) is 7. The molecule has 0 spiro atoms. The minimum Gasteiger partial charge on any atom is -0.481 e. The molecule has 45 heavy (non-hydrogen) atoms. The number of carboxylic acid groups (broad SMARTS) is 1. The smallest absolute Gasteiger partial charge is 0.303 e. The zero-order valence-electron chi connectivity index (χ0n) is 28.8. The molecule has 3 saturated carbocycles. The van der Waals surface area contributed by atoms with Crippen molar-refractivity contribution in [2.75, 3.05) is 6.61 Å². The van der Waals surface area contributed by atoms with Gasteiger partial charge in [-0.1, -0.05) is 58.9 Å². The minimum absolute atomic E-state index is 0.0504. The zero-order chi connectivity index (χ0) is 33.9. The molecule has 4 rings (SSSR count). The van der Waals surface area contributed by atoms with Crippen molar-refractivity contribution in [3.63, 3.8) is 0 Å². The summed E-state index contributed by atoms with van der Waals surface area (Å²) in [4.78, 5) is 12.0. The molecule has 0 bridgehead atoms. The topological polar surface area (TPSA) is 148 Å². The fourth-order valence-corrected chi connectivity index (χ4v) is 11.2. The van der Waals surface area contributed by atoms with Crippen LogP contribution in [0.15, 0.2) is 24.3 Å². The van der Waals surface area contributed by atoms with Crippen LogP contribution in [0.2, 0.25) is 0 Å². The molecule has 14 atom stereocenters. The predicted octanol–water partition coefficient (Wildman–Crippen LogP) is 5.10. The fourth-order valence-electron chi connectivity index (χ4n) is 11.2. The minimum atomic E-state index is -1.48. The number of aliphatic carboxylic acids is 1. The molecule has 1 aliphatic heterocycles. The van der Waals surface area contributed by atoms with Crippen LogP contribution in [-0.2, 0) is 9.53 Å². The van der Waals surface area contributed by atoms with E-state index in [1.807, 2.05) is 13.8 Å². The van der Waals surface area contributed by atoms with Gasteiger partial charge in [0.2, 0.25) is 0 Å². The SMILES string of the molecule is C=C(CC[C@](C)(O)[C@H]1CC[C@]2(C)[C@@H]1[C@H]([C@@H]1O[C@H](CO)[C@@H](O)[C@H](O)[C@H]1O)C[C@@H]1[C@@](C)(CCC(=O)O)[C@H](C(=C)C)CC[C@]12C)C(C)C. The molecule has 3 aliphatic carbocycles. The molecule has 0 aromatic carbocycles. The largest absolute Gasteiger partial charge is 0.481 e. The highest BCUT2D eigenvalue weighted by atomic mass is 16.5. The summed E-state index contributed by atoms with van der Waals surface area (Å²) in [6, 6.07) is 0. The summed E-state index contributed by atoms with van der Waals surface area (Å²) < 4.78 is 6.35. The van der Waals surface area contributed by atoms with E-state index in [0.717, 1.165) is 36.8 Å². The number of fused-ring (bicyclic) bond motifs is 3. The van der Waals surface area contributed by atoms with Crippen LogP contribution in [-0.4, -0.2) is 79.3 Å². The maximum Gasteiger partial charge on any atom is 0.303 e. The lowest BCUT2D eigenvalue weighted by molar-refractivity contribution is -0.275. The second-order valence-corrected chi connectivity index (χ2v) is 16.8. The molecular formula is C37H62O8. The lowest BCUT2D eigenvalue weighted by Gasteiger charge is -2.69. The quantitative estimate of drug-likeness (QED) is 0.172. The Bertz CT molecular complexity index is 1120. The van der Waals surface area contributed by atoms with Gasteiger partial charge in [-0.05, 0) is 117 Å². The van der Waals surface area contributed by atoms with Crippen LogP contribution >= 0.6 is 0 Å². The van der Waals surface area contributed by atoms with Crippen molar-refractivity contribution in [1.29, 1.82) is 0 Å². The van der Waals surface area contributed by atoms with Gasteiger partial charge in [0.25, 0.3) is 0 Å². The van der Waals surface area contributed by atoms with Crippen molar-refractivity contribution in [2.24, 2.45) is 51.8 Å². The number of aliphatic hydroxyl groups is 5. The summed E-state index contributed by atoms with van der Waals surface area (Å²) in [6.45, 7) is 23.3. The van der Waals surface area contributed by atoms with Crippen LogP contribution in [0.4, 0.5) is 0 Å². The Kier molecular flexibility index (Phi) is 10.5. The van der Waals surface area contributed by atoms with E-state index in [-0.39, 0.29) is 52.3 Å². The zero-order valence-corrected chi connectivity index (χ0v) is 28.8. The third kappa shape index (κ3) is 6.10. The van der Waals surface area contributed by atoms with Gasteiger partial charge >= 0.3 is 5.97 Å². The van der Waals surface area contributed by atoms with E-state index >= 15 is 0 Å². The van der Waals surface area contributed by atoms with E-state index in [2.05, 4.69) is 47.8 Å². The molecule has 0 aromatic heterocycles. The van der Waals surface area contributed by atoms with Gasteiger partial charge in [0, 0.05) is 6.42 Å². The van der Waals surface area contributed by atoms with Gasteiger partial charge in [0.1, 0.15) is 24.4 Å². The third-order valence-electron chi connectivity index (χ3n) is 14.1. The Hall–Kier alpha value is -1.29. The van der Waals surface area contributed by atoms with Crippen molar-refractivity contribution in [3.8, 4) is 0 Å². The summed E-state index contributed by atoms with van der Waals surface area (Å²) in [6.07, 6.45) is -0.213. The normalized spacial score (nSPS) is 46.2. The number of allylic oxidation sites excluding steroid dienone is 2. The van der Waals surface area contributed by atoms with Crippen molar-refractivity contribution in [2.45, 2.75) is 142 Å². The average molecular weight is 635 g/mol. The van der Waals surface area contributed by atoms with Crippen LogP contribution in [0, 0.1) is 51.8 Å². The van der Waals surface area contributed by atoms with E-state index in [4.69, 9.17) is 4.74 Å². The predicted molar refractivity (Wildman–Crippen MR) is 174 cm³/mol.